The van der Waals surface area contributed by atoms with Crippen LogP contribution in [0.4, 0.5) is 17.1 Å². The van der Waals surface area contributed by atoms with Gasteiger partial charge in [-0.05, 0) is 59.7 Å². The van der Waals surface area contributed by atoms with Crippen LogP contribution < -0.4 is 4.90 Å². The SMILES string of the molecule is c1ccc(-c2cccc3sc4ccc(N(c5ccccc5)c5ccccc5)cc4c23)cc1. The first-order valence-electron chi connectivity index (χ1n) is 10.8. The number of benzene rings is 5. The Bertz CT molecular complexity index is 1460. The standard InChI is InChI=1S/C30H21NS/c1-4-11-22(12-5-1)26-17-10-18-29-30(26)27-21-25(19-20-28(27)32-29)31(23-13-6-2-7-14-23)24-15-8-3-9-16-24/h1-21H. The highest BCUT2D eigenvalue weighted by molar-refractivity contribution is 7.26. The second-order valence-corrected chi connectivity index (χ2v) is 8.92. The molecule has 1 heterocycles. The Morgan fingerprint density at radius 3 is 1.75 bits per heavy atom. The van der Waals surface area contributed by atoms with Crippen molar-refractivity contribution in [3.63, 3.8) is 0 Å². The van der Waals surface area contributed by atoms with Crippen molar-refractivity contribution in [3.8, 4) is 11.1 Å². The summed E-state index contributed by atoms with van der Waals surface area (Å²) in [4.78, 5) is 2.33. The van der Waals surface area contributed by atoms with E-state index in [4.69, 9.17) is 0 Å². The first-order chi connectivity index (χ1) is 15.9. The van der Waals surface area contributed by atoms with Crippen LogP contribution in [0.3, 0.4) is 0 Å². The molecule has 0 atom stereocenters. The number of nitrogens with zero attached hydrogens (tertiary/aromatic N) is 1. The van der Waals surface area contributed by atoms with Gasteiger partial charge in [-0.3, -0.25) is 0 Å². The fraction of sp³-hybridized carbons (Fsp3) is 0. The molecule has 0 N–H and O–H groups in total. The van der Waals surface area contributed by atoms with Crippen LogP contribution in [0.5, 0.6) is 0 Å². The largest absolute Gasteiger partial charge is 0.310 e. The molecular weight excluding hydrogens is 406 g/mol. The van der Waals surface area contributed by atoms with Gasteiger partial charge in [0.2, 0.25) is 0 Å². The van der Waals surface area contributed by atoms with Crippen LogP contribution in [0, 0.1) is 0 Å². The van der Waals surface area contributed by atoms with Crippen LogP contribution in [0.1, 0.15) is 0 Å². The van der Waals surface area contributed by atoms with Crippen LogP contribution in [-0.2, 0) is 0 Å². The van der Waals surface area contributed by atoms with Crippen molar-refractivity contribution >= 4 is 48.6 Å². The Hall–Kier alpha value is -3.88. The first kappa shape index (κ1) is 18.9. The van der Waals surface area contributed by atoms with Crippen molar-refractivity contribution in [2.45, 2.75) is 0 Å². The number of thiophene rings is 1. The third-order valence-electron chi connectivity index (χ3n) is 5.85. The fourth-order valence-electron chi connectivity index (χ4n) is 4.41. The van der Waals surface area contributed by atoms with Gasteiger partial charge in [0, 0.05) is 37.2 Å². The highest BCUT2D eigenvalue weighted by Gasteiger charge is 2.16. The summed E-state index contributed by atoms with van der Waals surface area (Å²) in [5.41, 5.74) is 6.02. The van der Waals surface area contributed by atoms with Crippen LogP contribution in [0.25, 0.3) is 31.3 Å². The van der Waals surface area contributed by atoms with Crippen molar-refractivity contribution in [1.82, 2.24) is 0 Å². The lowest BCUT2D eigenvalue weighted by Gasteiger charge is -2.25. The number of rotatable bonds is 4. The molecule has 1 nitrogen and oxygen atoms in total. The highest BCUT2D eigenvalue weighted by Crippen LogP contribution is 2.43. The van der Waals surface area contributed by atoms with E-state index < -0.39 is 0 Å². The summed E-state index contributed by atoms with van der Waals surface area (Å²) in [7, 11) is 0. The Balaban J connectivity index is 1.61. The number of fused-ring (bicyclic) bond motifs is 3. The van der Waals surface area contributed by atoms with E-state index in [1.807, 2.05) is 11.3 Å². The zero-order valence-electron chi connectivity index (χ0n) is 17.5. The van der Waals surface area contributed by atoms with Gasteiger partial charge in [-0.2, -0.15) is 0 Å². The van der Waals surface area contributed by atoms with Crippen LogP contribution in [0.15, 0.2) is 127 Å². The molecular formula is C30H21NS. The van der Waals surface area contributed by atoms with E-state index in [0.717, 1.165) is 17.1 Å². The van der Waals surface area contributed by atoms with Gasteiger partial charge in [0.15, 0.2) is 0 Å². The highest BCUT2D eigenvalue weighted by atomic mass is 32.1. The molecule has 0 fully saturated rings. The Morgan fingerprint density at radius 1 is 0.469 bits per heavy atom. The molecule has 0 aliphatic rings. The molecule has 0 aliphatic carbocycles. The Morgan fingerprint density at radius 2 is 1.09 bits per heavy atom. The normalized spacial score (nSPS) is 11.1. The number of hydrogen-bond donors (Lipinski definition) is 0. The molecule has 0 spiro atoms. The maximum atomic E-state index is 2.35. The molecule has 1 aromatic heterocycles. The van der Waals surface area contributed by atoms with Gasteiger partial charge in [-0.1, -0.05) is 78.9 Å². The number of para-hydroxylation sites is 2. The third-order valence-corrected chi connectivity index (χ3v) is 6.99. The molecule has 0 saturated carbocycles. The van der Waals surface area contributed by atoms with E-state index in [9.17, 15) is 0 Å². The van der Waals surface area contributed by atoms with Gasteiger partial charge in [0.1, 0.15) is 0 Å². The maximum Gasteiger partial charge on any atom is 0.0468 e. The van der Waals surface area contributed by atoms with Crippen molar-refractivity contribution in [1.29, 1.82) is 0 Å². The van der Waals surface area contributed by atoms with E-state index in [2.05, 4.69) is 132 Å². The van der Waals surface area contributed by atoms with E-state index in [1.54, 1.807) is 0 Å². The molecule has 32 heavy (non-hydrogen) atoms. The molecule has 6 aromatic rings. The van der Waals surface area contributed by atoms with Gasteiger partial charge in [0.25, 0.3) is 0 Å². The van der Waals surface area contributed by atoms with Crippen molar-refractivity contribution in [2.24, 2.45) is 0 Å². The van der Waals surface area contributed by atoms with Gasteiger partial charge in [0.05, 0.1) is 0 Å². The maximum absolute atomic E-state index is 2.35. The van der Waals surface area contributed by atoms with Gasteiger partial charge < -0.3 is 4.90 Å². The summed E-state index contributed by atoms with van der Waals surface area (Å²) in [6.07, 6.45) is 0. The van der Waals surface area contributed by atoms with Crippen LogP contribution in [-0.4, -0.2) is 0 Å². The summed E-state index contributed by atoms with van der Waals surface area (Å²) in [6.45, 7) is 0. The monoisotopic (exact) mass is 427 g/mol. The molecule has 152 valence electrons. The van der Waals surface area contributed by atoms with Crippen molar-refractivity contribution in [2.75, 3.05) is 4.90 Å². The number of anilines is 3. The summed E-state index contributed by atoms with van der Waals surface area (Å²) >= 11 is 1.86. The first-order valence-corrected chi connectivity index (χ1v) is 11.6. The average Bonchev–Trinajstić information content (AvgIpc) is 3.24. The molecule has 6 rings (SSSR count). The van der Waals surface area contributed by atoms with Crippen molar-refractivity contribution < 1.29 is 0 Å². The van der Waals surface area contributed by atoms with Gasteiger partial charge in [-0.25, -0.2) is 0 Å². The summed E-state index contributed by atoms with van der Waals surface area (Å²) in [5.74, 6) is 0. The summed E-state index contributed by atoms with van der Waals surface area (Å²) in [6, 6.07) is 45.3. The summed E-state index contributed by atoms with van der Waals surface area (Å²) < 4.78 is 2.64. The van der Waals surface area contributed by atoms with Crippen LogP contribution >= 0.6 is 11.3 Å². The second-order valence-electron chi connectivity index (χ2n) is 7.83. The predicted octanol–water partition coefficient (Wildman–Crippen LogP) is 9.19. The van der Waals surface area contributed by atoms with E-state index >= 15 is 0 Å². The lowest BCUT2D eigenvalue weighted by atomic mass is 9.99. The fourth-order valence-corrected chi connectivity index (χ4v) is 5.53. The minimum Gasteiger partial charge on any atom is -0.310 e. The van der Waals surface area contributed by atoms with E-state index in [1.165, 1.54) is 31.3 Å². The summed E-state index contributed by atoms with van der Waals surface area (Å²) in [5, 5.41) is 2.64. The quantitative estimate of drug-likeness (QED) is 0.271. The van der Waals surface area contributed by atoms with Gasteiger partial charge in [-0.15, -0.1) is 11.3 Å². The molecule has 5 aromatic carbocycles. The topological polar surface area (TPSA) is 3.24 Å². The minimum atomic E-state index is 1.15. The van der Waals surface area contributed by atoms with E-state index in [-0.39, 0.29) is 0 Å². The molecule has 0 unspecified atom stereocenters. The average molecular weight is 428 g/mol. The molecule has 0 amide bonds. The lowest BCUT2D eigenvalue weighted by Crippen LogP contribution is -2.09. The van der Waals surface area contributed by atoms with Gasteiger partial charge >= 0.3 is 0 Å². The molecule has 0 radical (unpaired) electrons. The lowest BCUT2D eigenvalue weighted by molar-refractivity contribution is 1.29. The Kier molecular flexibility index (Phi) is 4.71. The Labute approximate surface area is 191 Å². The molecule has 0 aliphatic heterocycles. The van der Waals surface area contributed by atoms with Crippen molar-refractivity contribution in [3.05, 3.63) is 127 Å². The third kappa shape index (κ3) is 3.26. The smallest absolute Gasteiger partial charge is 0.0468 e. The van der Waals surface area contributed by atoms with E-state index in [0.29, 0.717) is 0 Å². The minimum absolute atomic E-state index is 1.15. The molecule has 2 heteroatoms. The zero-order valence-corrected chi connectivity index (χ0v) is 18.3. The van der Waals surface area contributed by atoms with Crippen LogP contribution in [0.2, 0.25) is 0 Å². The predicted molar refractivity (Wildman–Crippen MR) is 139 cm³/mol. The zero-order chi connectivity index (χ0) is 21.3. The second kappa shape index (κ2) is 7.99. The molecule has 0 saturated heterocycles. The molecule has 0 bridgehead atoms. The number of hydrogen-bond acceptors (Lipinski definition) is 2.